The van der Waals surface area contributed by atoms with Crippen molar-refractivity contribution in [3.05, 3.63) is 229 Å². The normalized spacial score (nSPS) is 13.5. The third-order valence-corrected chi connectivity index (χ3v) is 12.6. The van der Waals surface area contributed by atoms with Gasteiger partial charge < -0.3 is 18.9 Å². The first-order chi connectivity index (χ1) is 29.3. The third kappa shape index (κ3) is 4.37. The average Bonchev–Trinajstić information content (AvgIpc) is 3.90. The number of aromatic nitrogens is 1. The Morgan fingerprint density at radius 3 is 1.69 bits per heavy atom. The van der Waals surface area contributed by atoms with E-state index in [0.717, 1.165) is 33.8 Å². The van der Waals surface area contributed by atoms with Crippen LogP contribution < -0.4 is 14.4 Å². The first-order valence-electron chi connectivity index (χ1n) is 20.2. The summed E-state index contributed by atoms with van der Waals surface area (Å²) in [6, 6.07) is 73.8. The fourth-order valence-electron chi connectivity index (χ4n) is 10.3. The molecule has 0 N–H and O–H groups in total. The quantitative estimate of drug-likeness (QED) is 0.179. The Kier molecular flexibility index (Phi) is 6.62. The maximum Gasteiger partial charge on any atom is 0.194 e. The second-order valence-electron chi connectivity index (χ2n) is 15.6. The lowest BCUT2D eigenvalue weighted by atomic mass is 9.70. The summed E-state index contributed by atoms with van der Waals surface area (Å²) in [6.07, 6.45) is 0. The van der Waals surface area contributed by atoms with Crippen molar-refractivity contribution < 1.29 is 9.47 Å². The van der Waals surface area contributed by atoms with Crippen LogP contribution >= 0.6 is 0 Å². The molecule has 1 spiro atoms. The molecule has 0 amide bonds. The van der Waals surface area contributed by atoms with E-state index >= 15 is 0 Å². The molecule has 2 heterocycles. The van der Waals surface area contributed by atoms with Gasteiger partial charge in [-0.15, -0.1) is 0 Å². The first kappa shape index (κ1) is 32.3. The van der Waals surface area contributed by atoms with Gasteiger partial charge in [-0.05, 0) is 111 Å². The largest absolute Gasteiger partial charge is 0.449 e. The topological polar surface area (TPSA) is 26.6 Å². The number of nitrogens with zero attached hydrogens (tertiary/aromatic N) is 2. The molecule has 0 saturated heterocycles. The summed E-state index contributed by atoms with van der Waals surface area (Å²) in [5.74, 6) is 2.75. The Morgan fingerprint density at radius 2 is 0.966 bits per heavy atom. The summed E-state index contributed by atoms with van der Waals surface area (Å²) in [6.45, 7) is 0. The van der Waals surface area contributed by atoms with Gasteiger partial charge in [-0.3, -0.25) is 0 Å². The first-order valence-corrected chi connectivity index (χ1v) is 20.2. The van der Waals surface area contributed by atoms with Gasteiger partial charge in [0.15, 0.2) is 23.0 Å². The minimum absolute atomic E-state index is 0.468. The van der Waals surface area contributed by atoms with Gasteiger partial charge in [-0.25, -0.2) is 0 Å². The van der Waals surface area contributed by atoms with E-state index in [0.29, 0.717) is 23.0 Å². The minimum Gasteiger partial charge on any atom is -0.449 e. The summed E-state index contributed by atoms with van der Waals surface area (Å²) in [5.41, 5.74) is 15.9. The van der Waals surface area contributed by atoms with Crippen molar-refractivity contribution in [1.82, 2.24) is 4.57 Å². The van der Waals surface area contributed by atoms with E-state index < -0.39 is 5.41 Å². The van der Waals surface area contributed by atoms with E-state index in [2.05, 4.69) is 210 Å². The number of ether oxygens (including phenoxy) is 2. The van der Waals surface area contributed by atoms with Crippen molar-refractivity contribution in [2.45, 2.75) is 5.41 Å². The highest BCUT2D eigenvalue weighted by molar-refractivity contribution is 6.10. The Hall–Kier alpha value is -7.82. The molecule has 4 nitrogen and oxygen atoms in total. The zero-order valence-electron chi connectivity index (χ0n) is 31.8. The number of hydrogen-bond donors (Lipinski definition) is 0. The summed E-state index contributed by atoms with van der Waals surface area (Å²) in [4.78, 5) is 2.28. The van der Waals surface area contributed by atoms with Crippen molar-refractivity contribution in [3.63, 3.8) is 0 Å². The summed E-state index contributed by atoms with van der Waals surface area (Å²) in [5, 5.41) is 2.42. The van der Waals surface area contributed by atoms with Crippen molar-refractivity contribution in [2.24, 2.45) is 0 Å². The van der Waals surface area contributed by atoms with Crippen LogP contribution in [-0.2, 0) is 5.41 Å². The van der Waals surface area contributed by atoms with Crippen LogP contribution in [0.2, 0.25) is 0 Å². The smallest absolute Gasteiger partial charge is 0.194 e. The lowest BCUT2D eigenvalue weighted by Crippen LogP contribution is -2.25. The van der Waals surface area contributed by atoms with Crippen LogP contribution in [-0.4, -0.2) is 4.57 Å². The molecule has 2 aliphatic carbocycles. The van der Waals surface area contributed by atoms with E-state index in [1.165, 1.54) is 55.2 Å². The fourth-order valence-corrected chi connectivity index (χ4v) is 10.3. The lowest BCUT2D eigenvalue weighted by Gasteiger charge is -2.32. The van der Waals surface area contributed by atoms with Crippen molar-refractivity contribution in [2.75, 3.05) is 4.90 Å². The molecule has 0 bridgehead atoms. The molecule has 1 aromatic heterocycles. The van der Waals surface area contributed by atoms with Gasteiger partial charge in [0.25, 0.3) is 0 Å². The van der Waals surface area contributed by atoms with Gasteiger partial charge in [-0.1, -0.05) is 140 Å². The summed E-state index contributed by atoms with van der Waals surface area (Å²) < 4.78 is 16.5. The number of benzene rings is 9. The molecule has 0 saturated carbocycles. The van der Waals surface area contributed by atoms with Crippen LogP contribution in [0.25, 0.3) is 49.7 Å². The standard InChI is InChI=1S/C55H34N2O2/c1-3-16-35(17-4-1)56(37-30-31-42-41-23-10-14-27-48(41)57(50(42)32-37)36-18-5-2-6-19-36)49-28-15-29-51-54(49)59-52-33-43-40-22-9-13-26-46(40)55(47(43)34-53(52)58-51)44-24-11-7-20-38(44)39-21-8-12-25-45(39)55/h1-34H. The summed E-state index contributed by atoms with van der Waals surface area (Å²) >= 11 is 0. The fraction of sp³-hybridized carbons (Fsp3) is 0.0182. The predicted molar refractivity (Wildman–Crippen MR) is 238 cm³/mol. The molecule has 276 valence electrons. The molecule has 13 rings (SSSR count). The van der Waals surface area contributed by atoms with Crippen LogP contribution in [0.5, 0.6) is 23.0 Å². The SMILES string of the molecule is c1ccc(N(c2ccc3c4ccccc4n(-c4ccccc4)c3c2)c2cccc3c2Oc2cc4c(cc2O3)C2(c3ccccc3-c3ccccc32)c2ccccc2-4)cc1. The highest BCUT2D eigenvalue weighted by atomic mass is 16.6. The van der Waals surface area contributed by atoms with Gasteiger partial charge in [0.05, 0.1) is 22.1 Å². The second-order valence-corrected chi connectivity index (χ2v) is 15.6. The zero-order chi connectivity index (χ0) is 38.7. The van der Waals surface area contributed by atoms with Gasteiger partial charge in [0.2, 0.25) is 0 Å². The number of hydrogen-bond acceptors (Lipinski definition) is 3. The summed E-state index contributed by atoms with van der Waals surface area (Å²) in [7, 11) is 0. The minimum atomic E-state index is -0.468. The highest BCUT2D eigenvalue weighted by Gasteiger charge is 2.52. The number of para-hydroxylation sites is 4. The molecule has 1 aliphatic heterocycles. The lowest BCUT2D eigenvalue weighted by molar-refractivity contribution is 0.360. The Balaban J connectivity index is 0.994. The molecule has 9 aromatic carbocycles. The maximum atomic E-state index is 7.12. The van der Waals surface area contributed by atoms with Gasteiger partial charge in [-0.2, -0.15) is 0 Å². The second kappa shape index (κ2) is 12.1. The predicted octanol–water partition coefficient (Wildman–Crippen LogP) is 14.5. The van der Waals surface area contributed by atoms with E-state index in [-0.39, 0.29) is 0 Å². The average molecular weight is 755 g/mol. The van der Waals surface area contributed by atoms with Crippen LogP contribution in [0, 0.1) is 0 Å². The van der Waals surface area contributed by atoms with E-state index in [1.54, 1.807) is 0 Å². The molecule has 10 aromatic rings. The molecule has 0 fully saturated rings. The van der Waals surface area contributed by atoms with Crippen molar-refractivity contribution in [1.29, 1.82) is 0 Å². The van der Waals surface area contributed by atoms with Gasteiger partial charge >= 0.3 is 0 Å². The zero-order valence-corrected chi connectivity index (χ0v) is 31.8. The monoisotopic (exact) mass is 754 g/mol. The van der Waals surface area contributed by atoms with E-state index in [9.17, 15) is 0 Å². The highest BCUT2D eigenvalue weighted by Crippen LogP contribution is 2.65. The molecule has 4 heteroatoms. The van der Waals surface area contributed by atoms with E-state index in [4.69, 9.17) is 9.47 Å². The third-order valence-electron chi connectivity index (χ3n) is 12.6. The Labute approximate surface area is 341 Å². The molecule has 3 aliphatic rings. The Morgan fingerprint density at radius 1 is 0.373 bits per heavy atom. The van der Waals surface area contributed by atoms with Gasteiger partial charge in [0.1, 0.15) is 0 Å². The molecular formula is C55H34N2O2. The number of fused-ring (bicyclic) bond motifs is 15. The number of anilines is 3. The number of rotatable bonds is 4. The van der Waals surface area contributed by atoms with Gasteiger partial charge in [0, 0.05) is 27.8 Å². The molecular weight excluding hydrogens is 721 g/mol. The van der Waals surface area contributed by atoms with Crippen molar-refractivity contribution in [3.8, 4) is 50.9 Å². The van der Waals surface area contributed by atoms with Crippen LogP contribution in [0.1, 0.15) is 22.3 Å². The molecule has 59 heavy (non-hydrogen) atoms. The Bertz CT molecular complexity index is 3300. The van der Waals surface area contributed by atoms with Crippen molar-refractivity contribution >= 4 is 38.9 Å². The molecule has 0 atom stereocenters. The van der Waals surface area contributed by atoms with Crippen LogP contribution in [0.4, 0.5) is 17.1 Å². The molecule has 0 radical (unpaired) electrons. The molecule has 0 unspecified atom stereocenters. The van der Waals surface area contributed by atoms with Crippen LogP contribution in [0.3, 0.4) is 0 Å². The van der Waals surface area contributed by atoms with E-state index in [1.807, 2.05) is 6.07 Å². The maximum absolute atomic E-state index is 7.12. The van der Waals surface area contributed by atoms with Crippen LogP contribution in [0.15, 0.2) is 206 Å².